The molecule has 0 bridgehead atoms. The zero-order chi connectivity index (χ0) is 14.6. The Morgan fingerprint density at radius 1 is 1.15 bits per heavy atom. The molecule has 1 rings (SSSR count). The van der Waals surface area contributed by atoms with E-state index in [-0.39, 0.29) is 6.61 Å². The number of aliphatic hydroxyl groups excluding tert-OH is 1. The van der Waals surface area contributed by atoms with Crippen LogP contribution in [0.3, 0.4) is 0 Å². The van der Waals surface area contributed by atoms with E-state index in [9.17, 15) is 5.11 Å². The Labute approximate surface area is 122 Å². The third kappa shape index (κ3) is 7.48. The Balaban J connectivity index is 2.20. The molecule has 0 saturated heterocycles. The molecule has 0 fully saturated rings. The monoisotopic (exact) mass is 281 g/mol. The Bertz CT molecular complexity index is 340. The Morgan fingerprint density at radius 3 is 2.55 bits per heavy atom. The summed E-state index contributed by atoms with van der Waals surface area (Å²) in [5.74, 6) is 0.776. The quantitative estimate of drug-likeness (QED) is 0.611. The first-order chi connectivity index (χ1) is 9.76. The van der Waals surface area contributed by atoms with Crippen molar-refractivity contribution in [3.63, 3.8) is 0 Å². The van der Waals surface area contributed by atoms with Crippen LogP contribution >= 0.6 is 0 Å². The van der Waals surface area contributed by atoms with Gasteiger partial charge in [0.25, 0.3) is 0 Å². The fraction of sp³-hybridized carbons (Fsp3) is 0.625. The molecular formula is C16H27NO3. The SMILES string of the molecule is CCCCOCC(O)COc1ccc(CNCC)cc1. The summed E-state index contributed by atoms with van der Waals surface area (Å²) in [5.41, 5.74) is 1.22. The number of ether oxygens (including phenoxy) is 2. The van der Waals surface area contributed by atoms with Crippen LogP contribution in [0.25, 0.3) is 0 Å². The van der Waals surface area contributed by atoms with Crippen LogP contribution in [0.1, 0.15) is 32.3 Å². The molecule has 0 amide bonds. The second-order valence-corrected chi connectivity index (χ2v) is 4.82. The van der Waals surface area contributed by atoms with Crippen molar-refractivity contribution in [3.8, 4) is 5.75 Å². The summed E-state index contributed by atoms with van der Waals surface area (Å²) in [6.07, 6.45) is 1.56. The van der Waals surface area contributed by atoms with Gasteiger partial charge in [0.15, 0.2) is 0 Å². The average Bonchev–Trinajstić information content (AvgIpc) is 2.48. The number of rotatable bonds is 11. The molecule has 1 unspecified atom stereocenters. The second kappa shape index (κ2) is 10.7. The molecule has 2 N–H and O–H groups in total. The molecule has 20 heavy (non-hydrogen) atoms. The minimum absolute atomic E-state index is 0.263. The van der Waals surface area contributed by atoms with Crippen molar-refractivity contribution in [2.45, 2.75) is 39.3 Å². The van der Waals surface area contributed by atoms with Crippen molar-refractivity contribution >= 4 is 0 Å². The lowest BCUT2D eigenvalue weighted by molar-refractivity contribution is 0.0113. The van der Waals surface area contributed by atoms with Gasteiger partial charge in [-0.2, -0.15) is 0 Å². The summed E-state index contributed by atoms with van der Waals surface area (Å²) in [6, 6.07) is 7.92. The number of benzene rings is 1. The molecule has 1 aromatic carbocycles. The van der Waals surface area contributed by atoms with Gasteiger partial charge in [-0.3, -0.25) is 0 Å². The van der Waals surface area contributed by atoms with Gasteiger partial charge in [-0.05, 0) is 30.7 Å². The van der Waals surface area contributed by atoms with Crippen molar-refractivity contribution in [3.05, 3.63) is 29.8 Å². The zero-order valence-corrected chi connectivity index (χ0v) is 12.6. The van der Waals surface area contributed by atoms with Crippen molar-refractivity contribution in [2.75, 3.05) is 26.4 Å². The molecule has 0 heterocycles. The molecule has 114 valence electrons. The van der Waals surface area contributed by atoms with Gasteiger partial charge >= 0.3 is 0 Å². The van der Waals surface area contributed by atoms with E-state index in [1.54, 1.807) is 0 Å². The third-order valence-electron chi connectivity index (χ3n) is 2.90. The predicted molar refractivity (Wildman–Crippen MR) is 81.1 cm³/mol. The summed E-state index contributed by atoms with van der Waals surface area (Å²) in [7, 11) is 0. The van der Waals surface area contributed by atoms with Crippen molar-refractivity contribution in [1.82, 2.24) is 5.32 Å². The molecule has 1 aromatic rings. The van der Waals surface area contributed by atoms with Gasteiger partial charge in [0.05, 0.1) is 6.61 Å². The normalized spacial score (nSPS) is 12.3. The molecule has 4 heteroatoms. The Kier molecular flexibility index (Phi) is 9.04. The predicted octanol–water partition coefficient (Wildman–Crippen LogP) is 2.35. The van der Waals surface area contributed by atoms with Crippen LogP contribution < -0.4 is 10.1 Å². The van der Waals surface area contributed by atoms with Crippen LogP contribution in [0.4, 0.5) is 0 Å². The highest BCUT2D eigenvalue weighted by atomic mass is 16.5. The van der Waals surface area contributed by atoms with E-state index in [0.717, 1.165) is 31.7 Å². The van der Waals surface area contributed by atoms with Crippen LogP contribution in [0.15, 0.2) is 24.3 Å². The molecule has 0 aromatic heterocycles. The highest BCUT2D eigenvalue weighted by Gasteiger charge is 2.05. The van der Waals surface area contributed by atoms with Crippen molar-refractivity contribution in [1.29, 1.82) is 0 Å². The van der Waals surface area contributed by atoms with E-state index in [0.29, 0.717) is 13.2 Å². The first-order valence-corrected chi connectivity index (χ1v) is 7.44. The smallest absolute Gasteiger partial charge is 0.119 e. The number of hydrogen-bond donors (Lipinski definition) is 2. The second-order valence-electron chi connectivity index (χ2n) is 4.82. The first-order valence-electron chi connectivity index (χ1n) is 7.44. The van der Waals surface area contributed by atoms with Crippen molar-refractivity contribution in [2.24, 2.45) is 0 Å². The van der Waals surface area contributed by atoms with E-state index < -0.39 is 6.10 Å². The fourth-order valence-corrected chi connectivity index (χ4v) is 1.68. The molecule has 0 aliphatic carbocycles. The lowest BCUT2D eigenvalue weighted by Crippen LogP contribution is -2.23. The number of aliphatic hydroxyl groups is 1. The Morgan fingerprint density at radius 2 is 1.90 bits per heavy atom. The minimum Gasteiger partial charge on any atom is -0.491 e. The highest BCUT2D eigenvalue weighted by molar-refractivity contribution is 5.27. The summed E-state index contributed by atoms with van der Waals surface area (Å²) < 4.78 is 10.9. The summed E-state index contributed by atoms with van der Waals surface area (Å²) in [4.78, 5) is 0. The maximum atomic E-state index is 9.72. The van der Waals surface area contributed by atoms with Gasteiger partial charge in [-0.15, -0.1) is 0 Å². The third-order valence-corrected chi connectivity index (χ3v) is 2.90. The largest absolute Gasteiger partial charge is 0.491 e. The van der Waals surface area contributed by atoms with E-state index >= 15 is 0 Å². The van der Waals surface area contributed by atoms with Gasteiger partial charge in [-0.1, -0.05) is 32.4 Å². The summed E-state index contributed by atoms with van der Waals surface area (Å²) >= 11 is 0. The maximum absolute atomic E-state index is 9.72. The van der Waals surface area contributed by atoms with Gasteiger partial charge in [-0.25, -0.2) is 0 Å². The first kappa shape index (κ1) is 17.0. The van der Waals surface area contributed by atoms with Crippen molar-refractivity contribution < 1.29 is 14.6 Å². The summed E-state index contributed by atoms with van der Waals surface area (Å²) in [6.45, 7) is 7.32. The lowest BCUT2D eigenvalue weighted by Gasteiger charge is -2.13. The maximum Gasteiger partial charge on any atom is 0.119 e. The van der Waals surface area contributed by atoms with Crippen LogP contribution in [-0.2, 0) is 11.3 Å². The van der Waals surface area contributed by atoms with E-state index in [4.69, 9.17) is 9.47 Å². The molecule has 1 atom stereocenters. The van der Waals surface area contributed by atoms with Gasteiger partial charge < -0.3 is 19.9 Å². The number of nitrogens with one attached hydrogen (secondary N) is 1. The fourth-order valence-electron chi connectivity index (χ4n) is 1.68. The van der Waals surface area contributed by atoms with Gasteiger partial charge in [0.1, 0.15) is 18.5 Å². The Hall–Kier alpha value is -1.10. The molecule has 0 saturated carbocycles. The van der Waals surface area contributed by atoms with E-state index in [2.05, 4.69) is 19.2 Å². The van der Waals surface area contributed by atoms with Crippen LogP contribution in [0.5, 0.6) is 5.75 Å². The standard InChI is InChI=1S/C16H27NO3/c1-3-5-10-19-12-15(18)13-20-16-8-6-14(7-9-16)11-17-4-2/h6-9,15,17-18H,3-5,10-13H2,1-2H3. The van der Waals surface area contributed by atoms with E-state index in [1.165, 1.54) is 5.56 Å². The lowest BCUT2D eigenvalue weighted by atomic mass is 10.2. The molecular weight excluding hydrogens is 254 g/mol. The van der Waals surface area contributed by atoms with Crippen LogP contribution in [-0.4, -0.2) is 37.6 Å². The van der Waals surface area contributed by atoms with Crippen LogP contribution in [0, 0.1) is 0 Å². The minimum atomic E-state index is -0.576. The molecule has 0 aliphatic heterocycles. The topological polar surface area (TPSA) is 50.7 Å². The highest BCUT2D eigenvalue weighted by Crippen LogP contribution is 2.12. The zero-order valence-electron chi connectivity index (χ0n) is 12.6. The van der Waals surface area contributed by atoms with Crippen LogP contribution in [0.2, 0.25) is 0 Å². The molecule has 0 radical (unpaired) electrons. The average molecular weight is 281 g/mol. The molecule has 0 aliphatic rings. The molecule has 4 nitrogen and oxygen atoms in total. The van der Waals surface area contributed by atoms with E-state index in [1.807, 2.05) is 24.3 Å². The summed E-state index contributed by atoms with van der Waals surface area (Å²) in [5, 5.41) is 13.0. The molecule has 0 spiro atoms. The number of hydrogen-bond acceptors (Lipinski definition) is 4. The van der Waals surface area contributed by atoms with Gasteiger partial charge in [0, 0.05) is 13.2 Å². The number of unbranched alkanes of at least 4 members (excludes halogenated alkanes) is 1. The van der Waals surface area contributed by atoms with Gasteiger partial charge in [0.2, 0.25) is 0 Å².